The molecule has 0 saturated carbocycles. The maximum atomic E-state index is 12.9. The predicted octanol–water partition coefficient (Wildman–Crippen LogP) is 5.70. The van der Waals surface area contributed by atoms with E-state index in [1.54, 1.807) is 0 Å². The van der Waals surface area contributed by atoms with Gasteiger partial charge in [-0.15, -0.1) is 0 Å². The second-order valence-corrected chi connectivity index (χ2v) is 16.5. The van der Waals surface area contributed by atoms with Gasteiger partial charge in [0.05, 0.1) is 19.8 Å². The van der Waals surface area contributed by atoms with E-state index in [1.807, 2.05) is 18.2 Å². The standard InChI is InChI=1S/C49H82O15/c1-3-5-7-9-11-13-15-17-18-20-21-23-25-27-29-31-40(51)59-34-37(62-41(52)32-30-28-26-24-22-19-16-14-12-10-8-6-4-2)35-60-48-47(58)45(56)43(54)39(64-48)36-61-49-46(57)44(55)42(53)38(33-50)63-49/h6,8,12,14,17-19,22,26,28,37-39,42-50,53-58H,3-5,7,9-11,13,15-16,20-21,23-25,27,29-36H2,1-2H3/b8-6-,14-12-,18-17-,22-19-,28-26-. The third-order valence-corrected chi connectivity index (χ3v) is 11.0. The Balaban J connectivity index is 1.87. The van der Waals surface area contributed by atoms with E-state index in [2.05, 4.69) is 56.4 Å². The van der Waals surface area contributed by atoms with E-state index >= 15 is 0 Å². The third kappa shape index (κ3) is 24.6. The normalized spacial score (nSPS) is 27.1. The van der Waals surface area contributed by atoms with E-state index in [9.17, 15) is 45.3 Å². The molecule has 2 fully saturated rings. The van der Waals surface area contributed by atoms with Crippen molar-refractivity contribution in [2.45, 2.75) is 210 Å². The lowest BCUT2D eigenvalue weighted by Crippen LogP contribution is -2.61. The number of carbonyl (C=O) groups excluding carboxylic acids is 2. The number of hydrogen-bond acceptors (Lipinski definition) is 15. The average molecular weight is 911 g/mol. The molecule has 15 nitrogen and oxygen atoms in total. The van der Waals surface area contributed by atoms with Crippen molar-refractivity contribution < 1.29 is 73.8 Å². The van der Waals surface area contributed by atoms with Crippen molar-refractivity contribution in [3.8, 4) is 0 Å². The minimum absolute atomic E-state index is 0.0401. The number of hydrogen-bond donors (Lipinski definition) is 7. The van der Waals surface area contributed by atoms with E-state index in [0.717, 1.165) is 57.8 Å². The molecule has 0 aromatic carbocycles. The molecule has 2 heterocycles. The molecule has 7 N–H and O–H groups in total. The number of ether oxygens (including phenoxy) is 6. The highest BCUT2D eigenvalue weighted by Crippen LogP contribution is 2.26. The average Bonchev–Trinajstić information content (AvgIpc) is 3.29. The molecule has 0 spiro atoms. The minimum atomic E-state index is -1.78. The van der Waals surface area contributed by atoms with Crippen LogP contribution in [0.4, 0.5) is 0 Å². The Morgan fingerprint density at radius 2 is 1.02 bits per heavy atom. The summed E-state index contributed by atoms with van der Waals surface area (Å²) < 4.78 is 33.4. The Labute approximate surface area is 381 Å². The molecule has 2 aliphatic rings. The number of allylic oxidation sites excluding steroid dienone is 10. The smallest absolute Gasteiger partial charge is 0.306 e. The van der Waals surface area contributed by atoms with Crippen LogP contribution in [0.15, 0.2) is 60.8 Å². The van der Waals surface area contributed by atoms with Crippen LogP contribution in [0.25, 0.3) is 0 Å². The lowest BCUT2D eigenvalue weighted by atomic mass is 9.98. The molecule has 368 valence electrons. The van der Waals surface area contributed by atoms with Crippen LogP contribution in [-0.4, -0.2) is 142 Å². The molecule has 0 aromatic heterocycles. The van der Waals surface area contributed by atoms with Crippen LogP contribution in [0.2, 0.25) is 0 Å². The van der Waals surface area contributed by atoms with Gasteiger partial charge in [-0.2, -0.15) is 0 Å². The van der Waals surface area contributed by atoms with Crippen molar-refractivity contribution in [1.82, 2.24) is 0 Å². The van der Waals surface area contributed by atoms with Crippen molar-refractivity contribution in [2.24, 2.45) is 0 Å². The first-order chi connectivity index (χ1) is 31.0. The van der Waals surface area contributed by atoms with Crippen LogP contribution in [-0.2, 0) is 38.0 Å². The van der Waals surface area contributed by atoms with Gasteiger partial charge in [-0.05, 0) is 64.2 Å². The summed E-state index contributed by atoms with van der Waals surface area (Å²) in [6, 6.07) is 0. The quantitative estimate of drug-likeness (QED) is 0.0230. The van der Waals surface area contributed by atoms with Gasteiger partial charge < -0.3 is 64.2 Å². The van der Waals surface area contributed by atoms with Crippen molar-refractivity contribution in [3.05, 3.63) is 60.8 Å². The zero-order chi connectivity index (χ0) is 46.8. The molecule has 0 aromatic rings. The summed E-state index contributed by atoms with van der Waals surface area (Å²) >= 11 is 0. The highest BCUT2D eigenvalue weighted by Gasteiger charge is 2.47. The van der Waals surface area contributed by atoms with Gasteiger partial charge in [0.25, 0.3) is 0 Å². The van der Waals surface area contributed by atoms with Crippen molar-refractivity contribution in [1.29, 1.82) is 0 Å². The van der Waals surface area contributed by atoms with Crippen LogP contribution in [0.5, 0.6) is 0 Å². The molecule has 2 rings (SSSR count). The Morgan fingerprint density at radius 3 is 1.61 bits per heavy atom. The van der Waals surface area contributed by atoms with Gasteiger partial charge in [-0.1, -0.05) is 126 Å². The van der Waals surface area contributed by atoms with Gasteiger partial charge in [0.1, 0.15) is 55.4 Å². The van der Waals surface area contributed by atoms with E-state index < -0.39 is 99.3 Å². The Kier molecular flexibility index (Phi) is 32.5. The number of rotatable bonds is 35. The molecule has 0 aliphatic carbocycles. The first kappa shape index (κ1) is 57.3. The van der Waals surface area contributed by atoms with E-state index in [-0.39, 0.29) is 19.4 Å². The van der Waals surface area contributed by atoms with Crippen LogP contribution in [0, 0.1) is 0 Å². The van der Waals surface area contributed by atoms with E-state index in [4.69, 9.17) is 28.4 Å². The van der Waals surface area contributed by atoms with Crippen LogP contribution in [0.3, 0.4) is 0 Å². The molecule has 11 atom stereocenters. The summed E-state index contributed by atoms with van der Waals surface area (Å²) in [5.74, 6) is -1.04. The molecule has 0 bridgehead atoms. The maximum absolute atomic E-state index is 12.9. The zero-order valence-electron chi connectivity index (χ0n) is 38.5. The molecular weight excluding hydrogens is 829 g/mol. The monoisotopic (exact) mass is 911 g/mol. The van der Waals surface area contributed by atoms with E-state index in [0.29, 0.717) is 19.3 Å². The fourth-order valence-corrected chi connectivity index (χ4v) is 7.05. The SMILES string of the molecule is CC/C=C\C/C=C\C/C=C\C/C=C\CCC(=O)OC(COC(=O)CCCCCCC/C=C\CCCCCCCC)COC1OC(COC2OC(CO)C(O)C(O)C2O)C(O)C(O)C1O. The van der Waals surface area contributed by atoms with Crippen molar-refractivity contribution in [3.63, 3.8) is 0 Å². The summed E-state index contributed by atoms with van der Waals surface area (Å²) in [4.78, 5) is 25.6. The number of aliphatic hydroxyl groups is 7. The number of esters is 2. The summed E-state index contributed by atoms with van der Waals surface area (Å²) in [6.45, 7) is 2.35. The number of carbonyl (C=O) groups is 2. The fraction of sp³-hybridized carbons (Fsp3) is 0.755. The Morgan fingerprint density at radius 1 is 0.516 bits per heavy atom. The number of aliphatic hydroxyl groups excluding tert-OH is 7. The van der Waals surface area contributed by atoms with Gasteiger partial charge in [0.2, 0.25) is 0 Å². The molecule has 15 heteroatoms. The van der Waals surface area contributed by atoms with Gasteiger partial charge in [0.15, 0.2) is 18.7 Å². The van der Waals surface area contributed by atoms with Crippen molar-refractivity contribution >= 4 is 11.9 Å². The molecule has 2 saturated heterocycles. The van der Waals surface area contributed by atoms with Gasteiger partial charge >= 0.3 is 11.9 Å². The Hall–Kier alpha value is -2.80. The van der Waals surface area contributed by atoms with Crippen LogP contribution in [0.1, 0.15) is 142 Å². The largest absolute Gasteiger partial charge is 0.462 e. The van der Waals surface area contributed by atoms with Crippen molar-refractivity contribution in [2.75, 3.05) is 26.4 Å². The first-order valence-corrected chi connectivity index (χ1v) is 23.9. The highest BCUT2D eigenvalue weighted by atomic mass is 16.7. The first-order valence-electron chi connectivity index (χ1n) is 23.9. The molecule has 0 radical (unpaired) electrons. The molecular formula is C49H82O15. The van der Waals surface area contributed by atoms with Gasteiger partial charge in [0, 0.05) is 12.8 Å². The topological polar surface area (TPSA) is 231 Å². The van der Waals surface area contributed by atoms with Crippen LogP contribution >= 0.6 is 0 Å². The van der Waals surface area contributed by atoms with Crippen LogP contribution < -0.4 is 0 Å². The molecule has 2 aliphatic heterocycles. The highest BCUT2D eigenvalue weighted by molar-refractivity contribution is 5.70. The second kappa shape index (κ2) is 36.3. The summed E-state index contributed by atoms with van der Waals surface area (Å²) in [6.07, 6.45) is 22.8. The third-order valence-electron chi connectivity index (χ3n) is 11.0. The van der Waals surface area contributed by atoms with Gasteiger partial charge in [-0.25, -0.2) is 0 Å². The lowest BCUT2D eigenvalue weighted by molar-refractivity contribution is -0.332. The zero-order valence-corrected chi connectivity index (χ0v) is 38.5. The summed E-state index contributed by atoms with van der Waals surface area (Å²) in [5, 5.41) is 71.9. The molecule has 11 unspecified atom stereocenters. The van der Waals surface area contributed by atoms with E-state index in [1.165, 1.54) is 38.5 Å². The molecule has 0 amide bonds. The lowest BCUT2D eigenvalue weighted by Gasteiger charge is -2.42. The fourth-order valence-electron chi connectivity index (χ4n) is 7.05. The summed E-state index contributed by atoms with van der Waals surface area (Å²) in [5.41, 5.74) is 0. The number of unbranched alkanes of at least 4 members (excludes halogenated alkanes) is 11. The molecule has 64 heavy (non-hydrogen) atoms. The predicted molar refractivity (Wildman–Crippen MR) is 243 cm³/mol. The van der Waals surface area contributed by atoms with Gasteiger partial charge in [-0.3, -0.25) is 9.59 Å². The maximum Gasteiger partial charge on any atom is 0.306 e. The Bertz CT molecular complexity index is 1350. The minimum Gasteiger partial charge on any atom is -0.462 e. The summed E-state index contributed by atoms with van der Waals surface area (Å²) in [7, 11) is 0. The second-order valence-electron chi connectivity index (χ2n) is 16.5.